The van der Waals surface area contributed by atoms with Gasteiger partial charge in [0.05, 0.1) is 12.6 Å². The molecule has 0 aliphatic rings. The molecule has 0 fully saturated rings. The number of esters is 1. The van der Waals surface area contributed by atoms with Crippen LogP contribution in [0.1, 0.15) is 18.5 Å². The van der Waals surface area contributed by atoms with Crippen molar-refractivity contribution in [2.24, 2.45) is 5.11 Å². The Labute approximate surface area is 98.5 Å². The molecule has 0 saturated heterocycles. The van der Waals surface area contributed by atoms with Gasteiger partial charge in [-0.15, -0.1) is 0 Å². The molecule has 0 aliphatic carbocycles. The van der Waals surface area contributed by atoms with E-state index in [9.17, 15) is 9.90 Å². The molecule has 0 saturated carbocycles. The van der Waals surface area contributed by atoms with Gasteiger partial charge in [0.1, 0.15) is 0 Å². The van der Waals surface area contributed by atoms with Crippen LogP contribution in [0.5, 0.6) is 0 Å². The van der Waals surface area contributed by atoms with E-state index in [0.717, 1.165) is 0 Å². The molecule has 1 aromatic rings. The van der Waals surface area contributed by atoms with Crippen molar-refractivity contribution in [2.75, 3.05) is 6.61 Å². The summed E-state index contributed by atoms with van der Waals surface area (Å²) in [5, 5.41) is 13.2. The summed E-state index contributed by atoms with van der Waals surface area (Å²) in [6.45, 7) is 1.80. The predicted octanol–water partition coefficient (Wildman–Crippen LogP) is 1.96. The van der Waals surface area contributed by atoms with Crippen molar-refractivity contribution in [3.05, 3.63) is 46.3 Å². The van der Waals surface area contributed by atoms with E-state index in [1.165, 1.54) is 0 Å². The molecule has 1 aromatic carbocycles. The van der Waals surface area contributed by atoms with E-state index >= 15 is 0 Å². The van der Waals surface area contributed by atoms with Crippen molar-refractivity contribution in [3.63, 3.8) is 0 Å². The molecular weight excluding hydrogens is 222 g/mol. The predicted molar refractivity (Wildman–Crippen MR) is 61.0 cm³/mol. The quantitative estimate of drug-likeness (QED) is 0.365. The number of aliphatic hydroxyl groups is 1. The Kier molecular flexibility index (Phi) is 5.00. The number of nitrogens with zero attached hydrogens (tertiary/aromatic N) is 3. The first kappa shape index (κ1) is 13.0. The highest BCUT2D eigenvalue weighted by atomic mass is 16.5. The van der Waals surface area contributed by atoms with Crippen molar-refractivity contribution < 1.29 is 14.6 Å². The highest BCUT2D eigenvalue weighted by molar-refractivity contribution is 5.75. The number of hydrogen-bond acceptors (Lipinski definition) is 4. The summed E-state index contributed by atoms with van der Waals surface area (Å²) < 4.78 is 4.68. The second-order valence-corrected chi connectivity index (χ2v) is 3.26. The summed E-state index contributed by atoms with van der Waals surface area (Å²) in [5.74, 6) is -0.797. The van der Waals surface area contributed by atoms with Gasteiger partial charge in [0, 0.05) is 4.91 Å². The molecule has 6 heteroatoms. The molecule has 0 amide bonds. The first-order valence-corrected chi connectivity index (χ1v) is 5.14. The summed E-state index contributed by atoms with van der Waals surface area (Å²) in [5.41, 5.74) is 9.01. The Morgan fingerprint density at radius 2 is 2.18 bits per heavy atom. The van der Waals surface area contributed by atoms with Crippen LogP contribution in [0.25, 0.3) is 10.4 Å². The minimum absolute atomic E-state index is 0.160. The maximum atomic E-state index is 11.4. The molecule has 17 heavy (non-hydrogen) atoms. The molecule has 6 nitrogen and oxygen atoms in total. The lowest BCUT2D eigenvalue weighted by molar-refractivity contribution is -0.154. The molecule has 0 bridgehead atoms. The van der Waals surface area contributed by atoms with Crippen molar-refractivity contribution in [1.82, 2.24) is 0 Å². The summed E-state index contributed by atoms with van der Waals surface area (Å²) >= 11 is 0. The lowest BCUT2D eigenvalue weighted by Gasteiger charge is -2.17. The van der Waals surface area contributed by atoms with Gasteiger partial charge in [0.25, 0.3) is 0 Å². The fourth-order valence-corrected chi connectivity index (χ4v) is 1.37. The van der Waals surface area contributed by atoms with E-state index in [2.05, 4.69) is 14.8 Å². The monoisotopic (exact) mass is 235 g/mol. The van der Waals surface area contributed by atoms with Gasteiger partial charge in [0.15, 0.2) is 6.10 Å². The molecule has 2 atom stereocenters. The third-order valence-electron chi connectivity index (χ3n) is 2.14. The smallest absolute Gasteiger partial charge is 0.335 e. The van der Waals surface area contributed by atoms with E-state index in [-0.39, 0.29) is 6.61 Å². The van der Waals surface area contributed by atoms with Crippen LogP contribution in [0.4, 0.5) is 0 Å². The summed E-state index contributed by atoms with van der Waals surface area (Å²) in [4.78, 5) is 14.0. The molecule has 1 rings (SSSR count). The van der Waals surface area contributed by atoms with Crippen LogP contribution < -0.4 is 0 Å². The van der Waals surface area contributed by atoms with Gasteiger partial charge in [-0.3, -0.25) is 0 Å². The number of rotatable bonds is 5. The van der Waals surface area contributed by atoms with Gasteiger partial charge in [-0.1, -0.05) is 35.4 Å². The number of azide groups is 1. The minimum Gasteiger partial charge on any atom is -0.464 e. The first-order chi connectivity index (χ1) is 8.20. The third-order valence-corrected chi connectivity index (χ3v) is 2.14. The van der Waals surface area contributed by atoms with Crippen molar-refractivity contribution in [3.8, 4) is 0 Å². The Hall–Kier alpha value is -2.04. The van der Waals surface area contributed by atoms with Gasteiger partial charge < -0.3 is 9.84 Å². The Morgan fingerprint density at radius 1 is 1.53 bits per heavy atom. The maximum Gasteiger partial charge on any atom is 0.335 e. The van der Waals surface area contributed by atoms with Crippen LogP contribution in [0.3, 0.4) is 0 Å². The average molecular weight is 235 g/mol. The van der Waals surface area contributed by atoms with E-state index in [1.807, 2.05) is 0 Å². The second-order valence-electron chi connectivity index (χ2n) is 3.26. The van der Waals surface area contributed by atoms with Crippen molar-refractivity contribution in [2.45, 2.75) is 19.1 Å². The number of carbonyl (C=O) groups excluding carboxylic acids is 1. The fraction of sp³-hybridized carbons (Fsp3) is 0.364. The first-order valence-electron chi connectivity index (χ1n) is 5.14. The van der Waals surface area contributed by atoms with Gasteiger partial charge >= 0.3 is 5.97 Å². The van der Waals surface area contributed by atoms with Crippen LogP contribution in [0, 0.1) is 0 Å². The molecule has 0 heterocycles. The summed E-state index contributed by atoms with van der Waals surface area (Å²) in [7, 11) is 0. The van der Waals surface area contributed by atoms with Crippen LogP contribution >= 0.6 is 0 Å². The zero-order valence-corrected chi connectivity index (χ0v) is 9.35. The Bertz CT molecular complexity index is 415. The average Bonchev–Trinajstić information content (AvgIpc) is 2.36. The number of ether oxygens (including phenoxy) is 1. The zero-order chi connectivity index (χ0) is 12.7. The largest absolute Gasteiger partial charge is 0.464 e. The van der Waals surface area contributed by atoms with Crippen molar-refractivity contribution in [1.29, 1.82) is 0 Å². The minimum atomic E-state index is -1.49. The summed E-state index contributed by atoms with van der Waals surface area (Å²) in [6.07, 6.45) is -1.49. The topological polar surface area (TPSA) is 95.3 Å². The molecule has 0 spiro atoms. The van der Waals surface area contributed by atoms with Gasteiger partial charge in [-0.25, -0.2) is 4.79 Å². The van der Waals surface area contributed by atoms with Gasteiger partial charge in [-0.2, -0.15) is 0 Å². The Balaban J connectivity index is 2.94. The molecular formula is C11H13N3O3. The van der Waals surface area contributed by atoms with Crippen LogP contribution in [-0.2, 0) is 9.53 Å². The number of carbonyl (C=O) groups is 1. The lowest BCUT2D eigenvalue weighted by atomic mass is 10.0. The zero-order valence-electron chi connectivity index (χ0n) is 9.35. The molecule has 90 valence electrons. The molecule has 0 unspecified atom stereocenters. The van der Waals surface area contributed by atoms with Crippen LogP contribution in [0.15, 0.2) is 35.4 Å². The van der Waals surface area contributed by atoms with E-state index in [0.29, 0.717) is 5.56 Å². The van der Waals surface area contributed by atoms with Gasteiger partial charge in [0.2, 0.25) is 0 Å². The Morgan fingerprint density at radius 3 is 2.71 bits per heavy atom. The molecule has 0 radical (unpaired) electrons. The van der Waals surface area contributed by atoms with E-state index in [1.54, 1.807) is 37.3 Å². The standard InChI is InChI=1S/C11H13N3O3/c1-2-17-11(16)10(15)9(13-14-12)8-6-4-3-5-7-8/h3-7,9-10,15H,2H2,1H3/t9-,10-/m0/s1. The number of benzene rings is 1. The van der Waals surface area contributed by atoms with Crippen LogP contribution in [0.2, 0.25) is 0 Å². The van der Waals surface area contributed by atoms with Crippen LogP contribution in [-0.4, -0.2) is 23.8 Å². The summed E-state index contributed by atoms with van der Waals surface area (Å²) in [6, 6.07) is 7.61. The maximum absolute atomic E-state index is 11.4. The lowest BCUT2D eigenvalue weighted by Crippen LogP contribution is -2.28. The molecule has 0 aliphatic heterocycles. The molecule has 0 aromatic heterocycles. The second kappa shape index (κ2) is 6.52. The number of hydrogen-bond donors (Lipinski definition) is 1. The highest BCUT2D eigenvalue weighted by Crippen LogP contribution is 2.22. The SMILES string of the molecule is CCOC(=O)[C@@H](O)[C@@H](N=[N+]=[N-])c1ccccc1. The third kappa shape index (κ3) is 3.48. The van der Waals surface area contributed by atoms with E-state index < -0.39 is 18.1 Å². The highest BCUT2D eigenvalue weighted by Gasteiger charge is 2.27. The number of aliphatic hydroxyl groups excluding tert-OH is 1. The normalized spacial score (nSPS) is 13.3. The fourth-order valence-electron chi connectivity index (χ4n) is 1.37. The van der Waals surface area contributed by atoms with Crippen molar-refractivity contribution >= 4 is 5.97 Å². The molecule has 1 N–H and O–H groups in total. The van der Waals surface area contributed by atoms with Gasteiger partial charge in [-0.05, 0) is 18.0 Å². The van der Waals surface area contributed by atoms with E-state index in [4.69, 9.17) is 5.53 Å².